The Morgan fingerprint density at radius 3 is 2.65 bits per heavy atom. The molecule has 0 saturated heterocycles. The van der Waals surface area contributed by atoms with Crippen LogP contribution in [0.25, 0.3) is 0 Å². The summed E-state index contributed by atoms with van der Waals surface area (Å²) in [6.45, 7) is 7.84. The van der Waals surface area contributed by atoms with Crippen molar-refractivity contribution in [3.63, 3.8) is 0 Å². The number of nitrogens with one attached hydrogen (secondary N) is 1. The Bertz CT molecular complexity index is 421. The van der Waals surface area contributed by atoms with E-state index in [9.17, 15) is 4.39 Å². The number of rotatable bonds is 5. The molecule has 0 radical (unpaired) electrons. The molecule has 1 aliphatic carbocycles. The van der Waals surface area contributed by atoms with Crippen LogP contribution < -0.4 is 5.32 Å². The first-order chi connectivity index (χ1) is 9.52. The molecule has 1 heterocycles. The van der Waals surface area contributed by atoms with Gasteiger partial charge in [0.1, 0.15) is 5.82 Å². The molecule has 0 spiro atoms. The minimum Gasteiger partial charge on any atom is -0.310 e. The maximum Gasteiger partial charge on any atom is 0.141 e. The fraction of sp³-hybridized carbons (Fsp3) is 0.706. The van der Waals surface area contributed by atoms with Gasteiger partial charge in [0.25, 0.3) is 0 Å². The molecule has 0 aliphatic heterocycles. The van der Waals surface area contributed by atoms with E-state index in [0.29, 0.717) is 11.3 Å². The van der Waals surface area contributed by atoms with Crippen molar-refractivity contribution in [3.8, 4) is 0 Å². The van der Waals surface area contributed by atoms with E-state index in [4.69, 9.17) is 0 Å². The van der Waals surface area contributed by atoms with Gasteiger partial charge in [0.2, 0.25) is 0 Å². The van der Waals surface area contributed by atoms with Gasteiger partial charge >= 0.3 is 0 Å². The SMILES string of the molecule is CCCNC(c1cncc(F)c1)C1CCC(C)(C)CC1. The predicted molar refractivity (Wildman–Crippen MR) is 81.0 cm³/mol. The second-order valence-corrected chi connectivity index (χ2v) is 6.87. The lowest BCUT2D eigenvalue weighted by molar-refractivity contribution is 0.161. The van der Waals surface area contributed by atoms with Gasteiger partial charge in [-0.15, -0.1) is 0 Å². The molecule has 3 heteroatoms. The average Bonchev–Trinajstić information content (AvgIpc) is 2.41. The largest absolute Gasteiger partial charge is 0.310 e. The molecule has 1 aromatic heterocycles. The molecule has 20 heavy (non-hydrogen) atoms. The van der Waals surface area contributed by atoms with E-state index in [2.05, 4.69) is 31.1 Å². The van der Waals surface area contributed by atoms with Crippen LogP contribution in [0.1, 0.15) is 64.5 Å². The molecular weight excluding hydrogens is 251 g/mol. The van der Waals surface area contributed by atoms with E-state index in [-0.39, 0.29) is 11.9 Å². The van der Waals surface area contributed by atoms with Crippen LogP contribution in [0.2, 0.25) is 0 Å². The van der Waals surface area contributed by atoms with Gasteiger partial charge in [-0.25, -0.2) is 4.39 Å². The maximum absolute atomic E-state index is 13.4. The van der Waals surface area contributed by atoms with Gasteiger partial charge in [0.15, 0.2) is 0 Å². The zero-order valence-corrected chi connectivity index (χ0v) is 13.0. The molecule has 0 bridgehead atoms. The molecule has 2 rings (SSSR count). The van der Waals surface area contributed by atoms with Crippen molar-refractivity contribution >= 4 is 0 Å². The van der Waals surface area contributed by atoms with Crippen molar-refractivity contribution < 1.29 is 4.39 Å². The van der Waals surface area contributed by atoms with Crippen molar-refractivity contribution in [1.82, 2.24) is 10.3 Å². The van der Waals surface area contributed by atoms with E-state index in [1.165, 1.54) is 31.9 Å². The monoisotopic (exact) mass is 278 g/mol. The number of halogens is 1. The highest BCUT2D eigenvalue weighted by Gasteiger charge is 2.32. The van der Waals surface area contributed by atoms with Crippen molar-refractivity contribution in [3.05, 3.63) is 29.8 Å². The van der Waals surface area contributed by atoms with Crippen molar-refractivity contribution in [2.75, 3.05) is 6.54 Å². The first kappa shape index (κ1) is 15.4. The lowest BCUT2D eigenvalue weighted by Crippen LogP contribution is -2.33. The minimum absolute atomic E-state index is 0.234. The highest BCUT2D eigenvalue weighted by atomic mass is 19.1. The molecule has 0 amide bonds. The summed E-state index contributed by atoms with van der Waals surface area (Å²) >= 11 is 0. The maximum atomic E-state index is 13.4. The summed E-state index contributed by atoms with van der Waals surface area (Å²) in [5.41, 5.74) is 1.47. The number of nitrogens with zero attached hydrogens (tertiary/aromatic N) is 1. The molecule has 1 fully saturated rings. The summed E-state index contributed by atoms with van der Waals surface area (Å²) < 4.78 is 13.4. The third kappa shape index (κ3) is 4.02. The summed E-state index contributed by atoms with van der Waals surface area (Å²) in [5, 5.41) is 3.60. The van der Waals surface area contributed by atoms with Crippen LogP contribution >= 0.6 is 0 Å². The van der Waals surface area contributed by atoms with Crippen molar-refractivity contribution in [2.24, 2.45) is 11.3 Å². The molecule has 1 aromatic rings. The first-order valence-electron chi connectivity index (χ1n) is 7.86. The quantitative estimate of drug-likeness (QED) is 0.859. The van der Waals surface area contributed by atoms with Crippen molar-refractivity contribution in [1.29, 1.82) is 0 Å². The van der Waals surface area contributed by atoms with Crippen LogP contribution in [0.3, 0.4) is 0 Å². The third-order valence-electron chi connectivity index (χ3n) is 4.55. The molecule has 1 atom stereocenters. The topological polar surface area (TPSA) is 24.9 Å². The van der Waals surface area contributed by atoms with E-state index in [1.807, 2.05) is 6.20 Å². The summed E-state index contributed by atoms with van der Waals surface area (Å²) in [4.78, 5) is 4.02. The Balaban J connectivity index is 2.11. The van der Waals surface area contributed by atoms with Gasteiger partial charge < -0.3 is 5.32 Å². The Labute approximate surface area is 122 Å². The number of hydrogen-bond acceptors (Lipinski definition) is 2. The van der Waals surface area contributed by atoms with Gasteiger partial charge in [0.05, 0.1) is 6.20 Å². The predicted octanol–water partition coefficient (Wildman–Crippen LogP) is 4.48. The van der Waals surface area contributed by atoms with Crippen LogP contribution in [-0.2, 0) is 0 Å². The second kappa shape index (κ2) is 6.66. The van der Waals surface area contributed by atoms with Crippen LogP contribution in [0.15, 0.2) is 18.5 Å². The average molecular weight is 278 g/mol. The fourth-order valence-electron chi connectivity index (χ4n) is 3.21. The summed E-state index contributed by atoms with van der Waals surface area (Å²) in [6.07, 6.45) is 9.13. The van der Waals surface area contributed by atoms with E-state index < -0.39 is 0 Å². The zero-order chi connectivity index (χ0) is 14.6. The third-order valence-corrected chi connectivity index (χ3v) is 4.55. The van der Waals surface area contributed by atoms with E-state index in [0.717, 1.165) is 18.5 Å². The molecule has 0 aromatic carbocycles. The number of hydrogen-bond donors (Lipinski definition) is 1. The van der Waals surface area contributed by atoms with Crippen LogP contribution in [-0.4, -0.2) is 11.5 Å². The Morgan fingerprint density at radius 1 is 1.35 bits per heavy atom. The zero-order valence-electron chi connectivity index (χ0n) is 13.0. The standard InChI is InChI=1S/C17H27FN2/c1-4-9-20-16(14-10-15(18)12-19-11-14)13-5-7-17(2,3)8-6-13/h10-13,16,20H,4-9H2,1-3H3. The van der Waals surface area contributed by atoms with Gasteiger partial charge in [-0.05, 0) is 61.6 Å². The van der Waals surface area contributed by atoms with Crippen LogP contribution in [0.5, 0.6) is 0 Å². The van der Waals surface area contributed by atoms with Gasteiger partial charge in [-0.2, -0.15) is 0 Å². The first-order valence-corrected chi connectivity index (χ1v) is 7.86. The fourth-order valence-corrected chi connectivity index (χ4v) is 3.21. The van der Waals surface area contributed by atoms with Crippen LogP contribution in [0, 0.1) is 17.2 Å². The van der Waals surface area contributed by atoms with Gasteiger partial charge in [-0.3, -0.25) is 4.98 Å². The second-order valence-electron chi connectivity index (χ2n) is 6.87. The highest BCUT2D eigenvalue weighted by molar-refractivity contribution is 5.16. The number of pyridine rings is 1. The molecule has 2 nitrogen and oxygen atoms in total. The summed E-state index contributed by atoms with van der Waals surface area (Å²) in [6, 6.07) is 1.88. The Kier molecular flexibility index (Phi) is 5.14. The molecule has 112 valence electrons. The summed E-state index contributed by atoms with van der Waals surface area (Å²) in [5.74, 6) is 0.361. The van der Waals surface area contributed by atoms with Gasteiger partial charge in [0, 0.05) is 12.2 Å². The molecule has 1 saturated carbocycles. The van der Waals surface area contributed by atoms with E-state index >= 15 is 0 Å². The molecule has 1 aliphatic rings. The van der Waals surface area contributed by atoms with Gasteiger partial charge in [-0.1, -0.05) is 20.8 Å². The normalized spacial score (nSPS) is 20.8. The minimum atomic E-state index is -0.234. The Hall–Kier alpha value is -0.960. The molecule has 1 N–H and O–H groups in total. The lowest BCUT2D eigenvalue weighted by atomic mass is 9.70. The van der Waals surface area contributed by atoms with Crippen LogP contribution in [0.4, 0.5) is 4.39 Å². The highest BCUT2D eigenvalue weighted by Crippen LogP contribution is 2.42. The Morgan fingerprint density at radius 2 is 2.05 bits per heavy atom. The summed E-state index contributed by atoms with van der Waals surface area (Å²) in [7, 11) is 0. The lowest BCUT2D eigenvalue weighted by Gasteiger charge is -2.38. The molecule has 1 unspecified atom stereocenters. The van der Waals surface area contributed by atoms with E-state index in [1.54, 1.807) is 6.07 Å². The molecular formula is C17H27FN2. The van der Waals surface area contributed by atoms with Crippen molar-refractivity contribution in [2.45, 2.75) is 58.9 Å². The number of aromatic nitrogens is 1. The smallest absolute Gasteiger partial charge is 0.141 e.